The Labute approximate surface area is 172 Å². The lowest BCUT2D eigenvalue weighted by molar-refractivity contribution is -0.384. The Morgan fingerprint density at radius 3 is 1.87 bits per heavy atom. The number of nitrogens with zero attached hydrogens (tertiary/aromatic N) is 1. The van der Waals surface area contributed by atoms with Crippen molar-refractivity contribution in [1.82, 2.24) is 0 Å². The minimum atomic E-state index is -0.775. The SMILES string of the molecule is C#CCOc1cc(C(=O)Oc2ccc([N+](=O)[O-])cc2)cc(OCC#C)c1OCC#C. The lowest BCUT2D eigenvalue weighted by Crippen LogP contribution is -2.11. The van der Waals surface area contributed by atoms with Gasteiger partial charge in [0.1, 0.15) is 25.6 Å². The van der Waals surface area contributed by atoms with E-state index in [2.05, 4.69) is 17.8 Å². The van der Waals surface area contributed by atoms with Crippen LogP contribution in [0.1, 0.15) is 10.4 Å². The number of benzene rings is 2. The number of non-ortho nitro benzene ring substituents is 1. The molecule has 0 aliphatic rings. The van der Waals surface area contributed by atoms with Crippen molar-refractivity contribution in [1.29, 1.82) is 0 Å². The van der Waals surface area contributed by atoms with Crippen LogP contribution in [0.15, 0.2) is 36.4 Å². The number of carbonyl (C=O) groups excluding carboxylic acids is 1. The van der Waals surface area contributed by atoms with E-state index >= 15 is 0 Å². The quantitative estimate of drug-likeness (QED) is 0.208. The number of esters is 1. The van der Waals surface area contributed by atoms with E-state index < -0.39 is 10.9 Å². The summed E-state index contributed by atoms with van der Waals surface area (Å²) in [6, 6.07) is 7.71. The molecule has 0 heterocycles. The van der Waals surface area contributed by atoms with Crippen molar-refractivity contribution >= 4 is 11.7 Å². The summed E-state index contributed by atoms with van der Waals surface area (Å²) in [6.45, 7) is -0.310. The van der Waals surface area contributed by atoms with Crippen LogP contribution in [-0.2, 0) is 0 Å². The van der Waals surface area contributed by atoms with Gasteiger partial charge in [0.15, 0.2) is 11.5 Å². The van der Waals surface area contributed by atoms with Gasteiger partial charge in [-0.25, -0.2) is 4.79 Å². The van der Waals surface area contributed by atoms with Gasteiger partial charge in [-0.05, 0) is 24.3 Å². The zero-order chi connectivity index (χ0) is 21.9. The molecule has 2 aromatic rings. The smallest absolute Gasteiger partial charge is 0.343 e. The normalized spacial score (nSPS) is 9.37. The summed E-state index contributed by atoms with van der Waals surface area (Å²) >= 11 is 0. The topological polar surface area (TPSA) is 97.1 Å². The second-order valence-corrected chi connectivity index (χ2v) is 5.42. The van der Waals surface area contributed by atoms with Gasteiger partial charge < -0.3 is 18.9 Å². The minimum Gasteiger partial charge on any atom is -0.477 e. The molecule has 0 saturated carbocycles. The minimum absolute atomic E-state index is 0.0421. The van der Waals surface area contributed by atoms with E-state index in [1.807, 2.05) is 0 Å². The maximum Gasteiger partial charge on any atom is 0.343 e. The van der Waals surface area contributed by atoms with Crippen LogP contribution >= 0.6 is 0 Å². The molecular weight excluding hydrogens is 390 g/mol. The predicted molar refractivity (Wildman–Crippen MR) is 107 cm³/mol. The van der Waals surface area contributed by atoms with Crippen LogP contribution in [-0.4, -0.2) is 30.7 Å². The Morgan fingerprint density at radius 2 is 1.40 bits per heavy atom. The van der Waals surface area contributed by atoms with Crippen molar-refractivity contribution in [3.63, 3.8) is 0 Å². The summed E-state index contributed by atoms with van der Waals surface area (Å²) in [5.41, 5.74) is -0.0970. The number of nitro groups is 1. The zero-order valence-electron chi connectivity index (χ0n) is 15.6. The molecule has 0 bridgehead atoms. The molecule has 0 radical (unpaired) electrons. The third-order valence-electron chi connectivity index (χ3n) is 3.44. The van der Waals surface area contributed by atoms with Gasteiger partial charge in [-0.2, -0.15) is 0 Å². The van der Waals surface area contributed by atoms with E-state index in [1.54, 1.807) is 0 Å². The first-order chi connectivity index (χ1) is 14.5. The van der Waals surface area contributed by atoms with Crippen LogP contribution in [0.25, 0.3) is 0 Å². The van der Waals surface area contributed by atoms with Crippen molar-refractivity contribution in [3.8, 4) is 60.0 Å². The highest BCUT2D eigenvalue weighted by Crippen LogP contribution is 2.39. The van der Waals surface area contributed by atoms with Gasteiger partial charge in [-0.3, -0.25) is 10.1 Å². The molecule has 0 saturated heterocycles. The summed E-state index contributed by atoms with van der Waals surface area (Å²) in [6.07, 6.45) is 15.7. The largest absolute Gasteiger partial charge is 0.477 e. The number of hydrogen-bond donors (Lipinski definition) is 0. The third kappa shape index (κ3) is 5.69. The monoisotopic (exact) mass is 405 g/mol. The summed E-state index contributed by atoms with van der Waals surface area (Å²) < 4.78 is 21.6. The lowest BCUT2D eigenvalue weighted by atomic mass is 10.1. The number of ether oxygens (including phenoxy) is 4. The second-order valence-electron chi connectivity index (χ2n) is 5.42. The first-order valence-electron chi connectivity index (χ1n) is 8.33. The molecule has 2 aromatic carbocycles. The average Bonchev–Trinajstić information content (AvgIpc) is 2.75. The Hall–Kier alpha value is -4.61. The van der Waals surface area contributed by atoms with Crippen molar-refractivity contribution < 1.29 is 28.7 Å². The standard InChI is InChI=1S/C22H15NO7/c1-4-11-27-19-14-16(15-20(28-12-5-2)21(19)29-13-6-3)22(24)30-18-9-7-17(8-10-18)23(25)26/h1-3,7-10,14-15H,11-13H2. The van der Waals surface area contributed by atoms with Crippen LogP contribution < -0.4 is 18.9 Å². The first kappa shape index (κ1) is 21.7. The molecule has 0 aliphatic heterocycles. The van der Waals surface area contributed by atoms with Gasteiger partial charge in [0, 0.05) is 12.1 Å². The van der Waals surface area contributed by atoms with Gasteiger partial charge in [0.05, 0.1) is 10.5 Å². The number of hydrogen-bond acceptors (Lipinski definition) is 7. The third-order valence-corrected chi connectivity index (χ3v) is 3.44. The van der Waals surface area contributed by atoms with Gasteiger partial charge in [0.2, 0.25) is 5.75 Å². The first-order valence-corrected chi connectivity index (χ1v) is 8.33. The summed E-state index contributed by atoms with van der Waals surface area (Å²) in [7, 11) is 0. The molecule has 30 heavy (non-hydrogen) atoms. The van der Waals surface area contributed by atoms with Crippen LogP contribution in [0.2, 0.25) is 0 Å². The van der Waals surface area contributed by atoms with E-state index in [4.69, 9.17) is 38.2 Å². The molecular formula is C22H15NO7. The fourth-order valence-corrected chi connectivity index (χ4v) is 2.21. The fraction of sp³-hybridized carbons (Fsp3) is 0.136. The molecule has 0 atom stereocenters. The average molecular weight is 405 g/mol. The Balaban J connectivity index is 2.38. The zero-order valence-corrected chi connectivity index (χ0v) is 15.6. The molecule has 0 spiro atoms. The molecule has 150 valence electrons. The molecule has 0 N–H and O–H groups in total. The summed E-state index contributed by atoms with van der Waals surface area (Å²) in [5.74, 6) is 6.59. The van der Waals surface area contributed by atoms with Gasteiger partial charge >= 0.3 is 5.97 Å². The number of carbonyl (C=O) groups is 1. The Kier molecular flexibility index (Phi) is 7.70. The molecule has 2 rings (SSSR count). The fourth-order valence-electron chi connectivity index (χ4n) is 2.21. The molecule has 0 aliphatic carbocycles. The van der Waals surface area contributed by atoms with Crippen LogP contribution in [0.4, 0.5) is 5.69 Å². The van der Waals surface area contributed by atoms with Gasteiger partial charge in [-0.1, -0.05) is 17.8 Å². The van der Waals surface area contributed by atoms with Gasteiger partial charge in [0.25, 0.3) is 5.69 Å². The van der Waals surface area contributed by atoms with E-state index in [9.17, 15) is 14.9 Å². The van der Waals surface area contributed by atoms with E-state index in [1.165, 1.54) is 36.4 Å². The molecule has 0 amide bonds. The Bertz CT molecular complexity index is 1010. The van der Waals surface area contributed by atoms with Crippen molar-refractivity contribution in [3.05, 3.63) is 52.1 Å². The maximum absolute atomic E-state index is 12.6. The van der Waals surface area contributed by atoms with Crippen molar-refractivity contribution in [2.45, 2.75) is 0 Å². The molecule has 8 heteroatoms. The number of terminal acetylenes is 3. The number of rotatable bonds is 9. The van der Waals surface area contributed by atoms with E-state index in [0.717, 1.165) is 0 Å². The van der Waals surface area contributed by atoms with Crippen LogP contribution in [0.5, 0.6) is 23.0 Å². The van der Waals surface area contributed by atoms with Crippen LogP contribution in [0, 0.1) is 47.1 Å². The Morgan fingerprint density at radius 1 is 0.900 bits per heavy atom. The highest BCUT2D eigenvalue weighted by Gasteiger charge is 2.20. The highest BCUT2D eigenvalue weighted by molar-refractivity contribution is 5.92. The maximum atomic E-state index is 12.6. The second kappa shape index (κ2) is 10.7. The molecule has 0 fully saturated rings. The van der Waals surface area contributed by atoms with Crippen molar-refractivity contribution in [2.75, 3.05) is 19.8 Å². The highest BCUT2D eigenvalue weighted by atomic mass is 16.6. The van der Waals surface area contributed by atoms with E-state index in [-0.39, 0.29) is 54.1 Å². The lowest BCUT2D eigenvalue weighted by Gasteiger charge is -2.16. The molecule has 8 nitrogen and oxygen atoms in total. The van der Waals surface area contributed by atoms with Crippen molar-refractivity contribution in [2.24, 2.45) is 0 Å². The number of nitro benzene ring substituents is 1. The summed E-state index contributed by atoms with van der Waals surface area (Å²) in [5, 5.41) is 10.7. The predicted octanol–water partition coefficient (Wildman–Crippen LogP) is 2.85. The van der Waals surface area contributed by atoms with E-state index in [0.29, 0.717) is 0 Å². The summed E-state index contributed by atoms with van der Waals surface area (Å²) in [4.78, 5) is 22.8. The van der Waals surface area contributed by atoms with Crippen LogP contribution in [0.3, 0.4) is 0 Å². The molecule has 0 aromatic heterocycles. The molecule has 0 unspecified atom stereocenters. The van der Waals surface area contributed by atoms with Gasteiger partial charge in [-0.15, -0.1) is 19.3 Å².